The van der Waals surface area contributed by atoms with E-state index in [0.29, 0.717) is 18.7 Å². The minimum atomic E-state index is -0.189. The summed E-state index contributed by atoms with van der Waals surface area (Å²) in [6.45, 7) is 5.07. The summed E-state index contributed by atoms with van der Waals surface area (Å²) in [6, 6.07) is 15.5. The Morgan fingerprint density at radius 3 is 2.64 bits per heavy atom. The standard InChI is InChI=1S/C23H24N2O3/c1-15(2)20-13-21(28-24-20)23(27)25-11-5-8-19(14-25)22(26)18-10-9-16-6-3-4-7-17(16)12-18/h3-4,6-7,9-10,12-13,15,19H,5,8,11,14H2,1-2H3/t19-/m0/s1. The first-order chi connectivity index (χ1) is 13.5. The lowest BCUT2D eigenvalue weighted by atomic mass is 9.89. The lowest BCUT2D eigenvalue weighted by Gasteiger charge is -2.31. The molecule has 0 N–H and O–H groups in total. The van der Waals surface area contributed by atoms with Crippen LogP contribution in [0.25, 0.3) is 10.8 Å². The topological polar surface area (TPSA) is 63.4 Å². The summed E-state index contributed by atoms with van der Waals surface area (Å²) >= 11 is 0. The fourth-order valence-corrected chi connectivity index (χ4v) is 3.77. The van der Waals surface area contributed by atoms with Gasteiger partial charge in [0.2, 0.25) is 5.76 Å². The van der Waals surface area contributed by atoms with Crippen LogP contribution in [-0.2, 0) is 0 Å². The summed E-state index contributed by atoms with van der Waals surface area (Å²) in [4.78, 5) is 27.6. The van der Waals surface area contributed by atoms with Gasteiger partial charge in [-0.3, -0.25) is 9.59 Å². The fourth-order valence-electron chi connectivity index (χ4n) is 3.77. The predicted molar refractivity (Wildman–Crippen MR) is 107 cm³/mol. The van der Waals surface area contributed by atoms with E-state index >= 15 is 0 Å². The van der Waals surface area contributed by atoms with Crippen molar-refractivity contribution in [1.82, 2.24) is 10.1 Å². The molecule has 3 aromatic rings. The molecule has 2 heterocycles. The third-order valence-electron chi connectivity index (χ3n) is 5.44. The molecular weight excluding hydrogens is 352 g/mol. The zero-order chi connectivity index (χ0) is 19.7. The van der Waals surface area contributed by atoms with Gasteiger partial charge in [0.25, 0.3) is 5.91 Å². The summed E-state index contributed by atoms with van der Waals surface area (Å²) in [7, 11) is 0. The Balaban J connectivity index is 1.50. The first-order valence-electron chi connectivity index (χ1n) is 9.82. The summed E-state index contributed by atoms with van der Waals surface area (Å²) in [5, 5.41) is 6.14. The Morgan fingerprint density at radius 1 is 1.11 bits per heavy atom. The van der Waals surface area contributed by atoms with Gasteiger partial charge < -0.3 is 9.42 Å². The molecule has 0 bridgehead atoms. The van der Waals surface area contributed by atoms with Gasteiger partial charge in [0.1, 0.15) is 0 Å². The van der Waals surface area contributed by atoms with Crippen molar-refractivity contribution in [2.45, 2.75) is 32.6 Å². The zero-order valence-corrected chi connectivity index (χ0v) is 16.2. The fraction of sp³-hybridized carbons (Fsp3) is 0.348. The summed E-state index contributed by atoms with van der Waals surface area (Å²) in [5.41, 5.74) is 1.48. The maximum Gasteiger partial charge on any atom is 0.292 e. The SMILES string of the molecule is CC(C)c1cc(C(=O)N2CCC[C@H](C(=O)c3ccc4ccccc4c3)C2)on1. The second-order valence-corrected chi connectivity index (χ2v) is 7.79. The molecule has 1 aliphatic heterocycles. The largest absolute Gasteiger partial charge is 0.351 e. The molecule has 0 aliphatic carbocycles. The number of Topliss-reactive ketones (excluding diaryl/α,β-unsaturated/α-hetero) is 1. The van der Waals surface area contributed by atoms with E-state index in [9.17, 15) is 9.59 Å². The van der Waals surface area contributed by atoms with E-state index < -0.39 is 0 Å². The summed E-state index contributed by atoms with van der Waals surface area (Å²) < 4.78 is 5.24. The minimum Gasteiger partial charge on any atom is -0.351 e. The van der Waals surface area contributed by atoms with Gasteiger partial charge in [-0.25, -0.2) is 0 Å². The maximum absolute atomic E-state index is 13.1. The molecule has 0 radical (unpaired) electrons. The van der Waals surface area contributed by atoms with Crippen LogP contribution < -0.4 is 0 Å². The van der Waals surface area contributed by atoms with Gasteiger partial charge in [0.05, 0.1) is 5.69 Å². The van der Waals surface area contributed by atoms with Crippen LogP contribution in [0.2, 0.25) is 0 Å². The molecule has 1 aliphatic rings. The van der Waals surface area contributed by atoms with E-state index in [4.69, 9.17) is 4.52 Å². The smallest absolute Gasteiger partial charge is 0.292 e. The predicted octanol–water partition coefficient (Wildman–Crippen LogP) is 4.69. The van der Waals surface area contributed by atoms with Crippen molar-refractivity contribution in [3.05, 3.63) is 65.5 Å². The Morgan fingerprint density at radius 2 is 1.89 bits per heavy atom. The second kappa shape index (κ2) is 7.58. The van der Waals surface area contributed by atoms with E-state index in [0.717, 1.165) is 29.3 Å². The van der Waals surface area contributed by atoms with Crippen molar-refractivity contribution < 1.29 is 14.1 Å². The van der Waals surface area contributed by atoms with E-state index in [1.165, 1.54) is 0 Å². The van der Waals surface area contributed by atoms with Gasteiger partial charge >= 0.3 is 0 Å². The summed E-state index contributed by atoms with van der Waals surface area (Å²) in [6.07, 6.45) is 1.60. The van der Waals surface area contributed by atoms with Crippen LogP contribution >= 0.6 is 0 Å². The van der Waals surface area contributed by atoms with Gasteiger partial charge in [-0.05, 0) is 35.6 Å². The Hall–Kier alpha value is -2.95. The van der Waals surface area contributed by atoms with Gasteiger partial charge in [0, 0.05) is 30.6 Å². The number of ketones is 1. The number of nitrogens with zero attached hydrogens (tertiary/aromatic N) is 2. The highest BCUT2D eigenvalue weighted by Crippen LogP contribution is 2.25. The summed E-state index contributed by atoms with van der Waals surface area (Å²) in [5.74, 6) is 0.182. The number of rotatable bonds is 4. The molecule has 2 aromatic carbocycles. The minimum absolute atomic E-state index is 0.101. The average Bonchev–Trinajstić information content (AvgIpc) is 3.23. The monoisotopic (exact) mass is 376 g/mol. The molecule has 5 nitrogen and oxygen atoms in total. The highest BCUT2D eigenvalue weighted by atomic mass is 16.5. The molecule has 5 heteroatoms. The lowest BCUT2D eigenvalue weighted by Crippen LogP contribution is -2.42. The highest BCUT2D eigenvalue weighted by Gasteiger charge is 2.31. The third kappa shape index (κ3) is 3.57. The number of amides is 1. The molecule has 4 rings (SSSR count). The maximum atomic E-state index is 13.1. The van der Waals surface area contributed by atoms with Crippen LogP contribution in [0.3, 0.4) is 0 Å². The van der Waals surface area contributed by atoms with Crippen LogP contribution in [0.5, 0.6) is 0 Å². The molecular formula is C23H24N2O3. The molecule has 144 valence electrons. The van der Waals surface area contributed by atoms with Crippen LogP contribution in [0, 0.1) is 5.92 Å². The van der Waals surface area contributed by atoms with Crippen molar-refractivity contribution in [1.29, 1.82) is 0 Å². The molecule has 1 amide bonds. The second-order valence-electron chi connectivity index (χ2n) is 7.79. The molecule has 1 fully saturated rings. The molecule has 0 unspecified atom stereocenters. The van der Waals surface area contributed by atoms with Crippen LogP contribution in [0.1, 0.15) is 59.2 Å². The number of piperidine rings is 1. The third-order valence-corrected chi connectivity index (χ3v) is 5.44. The number of aromatic nitrogens is 1. The lowest BCUT2D eigenvalue weighted by molar-refractivity contribution is 0.0602. The number of benzene rings is 2. The van der Waals surface area contributed by atoms with E-state index in [1.54, 1.807) is 11.0 Å². The number of hydrogen-bond donors (Lipinski definition) is 0. The molecule has 1 aromatic heterocycles. The van der Waals surface area contributed by atoms with Crippen LogP contribution in [0.4, 0.5) is 0 Å². The van der Waals surface area contributed by atoms with Crippen LogP contribution in [-0.4, -0.2) is 34.8 Å². The van der Waals surface area contributed by atoms with Crippen molar-refractivity contribution in [2.75, 3.05) is 13.1 Å². The molecule has 28 heavy (non-hydrogen) atoms. The first-order valence-corrected chi connectivity index (χ1v) is 9.82. The number of carbonyl (C=O) groups excluding carboxylic acids is 2. The normalized spacial score (nSPS) is 17.2. The number of likely N-dealkylation sites (tertiary alicyclic amines) is 1. The number of carbonyl (C=O) groups is 2. The Labute approximate surface area is 164 Å². The quantitative estimate of drug-likeness (QED) is 0.620. The first kappa shape index (κ1) is 18.4. The zero-order valence-electron chi connectivity index (χ0n) is 16.2. The molecule has 1 atom stereocenters. The highest BCUT2D eigenvalue weighted by molar-refractivity contribution is 6.02. The van der Waals surface area contributed by atoms with Gasteiger partial charge in [-0.2, -0.15) is 0 Å². The van der Waals surface area contributed by atoms with Gasteiger partial charge in [-0.15, -0.1) is 0 Å². The van der Waals surface area contributed by atoms with Gasteiger partial charge in [0.15, 0.2) is 5.78 Å². The van der Waals surface area contributed by atoms with E-state index in [1.807, 2.05) is 56.3 Å². The molecule has 0 spiro atoms. The molecule has 0 saturated carbocycles. The van der Waals surface area contributed by atoms with Crippen molar-refractivity contribution in [3.63, 3.8) is 0 Å². The van der Waals surface area contributed by atoms with Crippen LogP contribution in [0.15, 0.2) is 53.1 Å². The van der Waals surface area contributed by atoms with Crippen molar-refractivity contribution in [2.24, 2.45) is 5.92 Å². The van der Waals surface area contributed by atoms with Gasteiger partial charge in [-0.1, -0.05) is 55.4 Å². The van der Waals surface area contributed by atoms with E-state index in [2.05, 4.69) is 5.16 Å². The van der Waals surface area contributed by atoms with Crippen molar-refractivity contribution in [3.8, 4) is 0 Å². The Bertz CT molecular complexity index is 1020. The van der Waals surface area contributed by atoms with E-state index in [-0.39, 0.29) is 29.3 Å². The number of hydrogen-bond acceptors (Lipinski definition) is 4. The molecule has 1 saturated heterocycles. The average molecular weight is 376 g/mol. The van der Waals surface area contributed by atoms with Crippen molar-refractivity contribution >= 4 is 22.5 Å². The number of fused-ring (bicyclic) bond motifs is 1. The Kier molecular flexibility index (Phi) is 4.99.